The first-order valence-electron chi connectivity index (χ1n) is 5.72. The summed E-state index contributed by atoms with van der Waals surface area (Å²) < 4.78 is 4.90. The first-order valence-corrected chi connectivity index (χ1v) is 6.10. The minimum absolute atomic E-state index is 0.101. The number of nitrogens with zero attached hydrogens (tertiary/aromatic N) is 2. The van der Waals surface area contributed by atoms with Crippen molar-refractivity contribution in [2.45, 2.75) is 19.4 Å². The smallest absolute Gasteiger partial charge is 0.220 e. The highest BCUT2D eigenvalue weighted by molar-refractivity contribution is 6.29. The van der Waals surface area contributed by atoms with E-state index in [-0.39, 0.29) is 5.91 Å². The molecule has 0 aromatic carbocycles. The predicted molar refractivity (Wildman–Crippen MR) is 70.3 cm³/mol. The second-order valence-corrected chi connectivity index (χ2v) is 4.33. The molecule has 0 atom stereocenters. The second-order valence-electron chi connectivity index (χ2n) is 3.94. The number of aromatic nitrogens is 2. The number of rotatable bonds is 5. The van der Waals surface area contributed by atoms with Crippen LogP contribution in [0.15, 0.2) is 28.9 Å². The number of nitrogen functional groups attached to an aromatic ring is 1. The first kappa shape index (κ1) is 13.4. The lowest BCUT2D eigenvalue weighted by molar-refractivity contribution is -0.121. The van der Waals surface area contributed by atoms with Crippen molar-refractivity contribution in [2.24, 2.45) is 0 Å². The van der Waals surface area contributed by atoms with Gasteiger partial charge in [0.2, 0.25) is 5.91 Å². The Morgan fingerprint density at radius 1 is 1.53 bits per heavy atom. The molecule has 0 bridgehead atoms. The summed E-state index contributed by atoms with van der Waals surface area (Å²) in [6, 6.07) is 5.18. The second kappa shape index (κ2) is 6.19. The molecule has 0 saturated heterocycles. The summed E-state index contributed by atoms with van der Waals surface area (Å²) in [6.07, 6.45) is 2.36. The summed E-state index contributed by atoms with van der Waals surface area (Å²) in [5.74, 6) is 0.904. The molecular weight excluding hydrogens is 268 g/mol. The summed E-state index contributed by atoms with van der Waals surface area (Å²) in [4.78, 5) is 15.6. The summed E-state index contributed by atoms with van der Waals surface area (Å²) in [7, 11) is 0. The lowest BCUT2D eigenvalue weighted by atomic mass is 10.2. The van der Waals surface area contributed by atoms with Crippen molar-refractivity contribution >= 4 is 23.3 Å². The number of anilines is 1. The van der Waals surface area contributed by atoms with Crippen molar-refractivity contribution in [3.8, 4) is 0 Å². The average Bonchev–Trinajstić information content (AvgIpc) is 2.81. The lowest BCUT2D eigenvalue weighted by Gasteiger charge is -2.06. The van der Waals surface area contributed by atoms with Gasteiger partial charge in [-0.05, 0) is 6.07 Å². The van der Waals surface area contributed by atoms with Crippen molar-refractivity contribution in [3.05, 3.63) is 40.9 Å². The van der Waals surface area contributed by atoms with Gasteiger partial charge in [0, 0.05) is 37.2 Å². The van der Waals surface area contributed by atoms with Crippen LogP contribution in [-0.2, 0) is 17.8 Å². The Bertz CT molecular complexity index is 570. The Balaban J connectivity index is 1.77. The molecule has 2 heterocycles. The highest BCUT2D eigenvalue weighted by Crippen LogP contribution is 2.11. The molecule has 0 aliphatic carbocycles. The topological polar surface area (TPSA) is 94.0 Å². The molecule has 0 aliphatic rings. The zero-order valence-electron chi connectivity index (χ0n) is 10.1. The highest BCUT2D eigenvalue weighted by Gasteiger charge is 2.07. The minimum Gasteiger partial charge on any atom is -0.383 e. The predicted octanol–water partition coefficient (Wildman–Crippen LogP) is 1.55. The van der Waals surface area contributed by atoms with E-state index >= 15 is 0 Å². The van der Waals surface area contributed by atoms with E-state index in [9.17, 15) is 4.79 Å². The molecule has 100 valence electrons. The van der Waals surface area contributed by atoms with Gasteiger partial charge < -0.3 is 15.6 Å². The van der Waals surface area contributed by atoms with E-state index < -0.39 is 0 Å². The van der Waals surface area contributed by atoms with Gasteiger partial charge in [-0.1, -0.05) is 22.8 Å². The quantitative estimate of drug-likeness (QED) is 0.867. The van der Waals surface area contributed by atoms with Crippen LogP contribution < -0.4 is 11.1 Å². The molecular formula is C12H13ClN4O2. The van der Waals surface area contributed by atoms with E-state index in [0.29, 0.717) is 36.1 Å². The van der Waals surface area contributed by atoms with Gasteiger partial charge in [-0.2, -0.15) is 0 Å². The van der Waals surface area contributed by atoms with Crippen molar-refractivity contribution in [2.75, 3.05) is 5.73 Å². The van der Waals surface area contributed by atoms with Gasteiger partial charge in [-0.3, -0.25) is 4.79 Å². The van der Waals surface area contributed by atoms with E-state index in [4.69, 9.17) is 21.9 Å². The molecule has 6 nitrogen and oxygen atoms in total. The molecule has 19 heavy (non-hydrogen) atoms. The Kier molecular flexibility index (Phi) is 4.35. The van der Waals surface area contributed by atoms with Gasteiger partial charge in [0.15, 0.2) is 5.15 Å². The summed E-state index contributed by atoms with van der Waals surface area (Å²) in [5.41, 5.74) is 6.46. The fourth-order valence-electron chi connectivity index (χ4n) is 1.52. The van der Waals surface area contributed by atoms with E-state index in [1.807, 2.05) is 6.07 Å². The molecule has 2 rings (SSSR count). The lowest BCUT2D eigenvalue weighted by Crippen LogP contribution is -2.23. The SMILES string of the molecule is Nc1ncccc1CNC(=O)CCc1cc(Cl)no1. The molecule has 0 saturated carbocycles. The molecule has 3 N–H and O–H groups in total. The van der Waals surface area contributed by atoms with Crippen LogP contribution in [0.3, 0.4) is 0 Å². The number of hydrogen-bond acceptors (Lipinski definition) is 5. The van der Waals surface area contributed by atoms with Crippen LogP contribution in [0, 0.1) is 0 Å². The highest BCUT2D eigenvalue weighted by atomic mass is 35.5. The minimum atomic E-state index is -0.101. The normalized spacial score (nSPS) is 10.4. The third-order valence-corrected chi connectivity index (χ3v) is 2.71. The average molecular weight is 281 g/mol. The van der Waals surface area contributed by atoms with Crippen molar-refractivity contribution in [3.63, 3.8) is 0 Å². The molecule has 0 aliphatic heterocycles. The molecule has 0 unspecified atom stereocenters. The van der Waals surface area contributed by atoms with E-state index in [1.54, 1.807) is 18.3 Å². The van der Waals surface area contributed by atoms with Crippen LogP contribution in [0.5, 0.6) is 0 Å². The third kappa shape index (κ3) is 3.96. The van der Waals surface area contributed by atoms with Crippen molar-refractivity contribution in [1.82, 2.24) is 15.5 Å². The van der Waals surface area contributed by atoms with Crippen LogP contribution >= 0.6 is 11.6 Å². The number of aryl methyl sites for hydroxylation is 1. The molecule has 2 aromatic heterocycles. The third-order valence-electron chi connectivity index (χ3n) is 2.53. The molecule has 0 spiro atoms. The fraction of sp³-hybridized carbons (Fsp3) is 0.250. The Morgan fingerprint density at radius 2 is 2.37 bits per heavy atom. The number of nitrogens with two attached hydrogens (primary N) is 1. The number of pyridine rings is 1. The molecule has 1 amide bonds. The van der Waals surface area contributed by atoms with E-state index in [2.05, 4.69) is 15.5 Å². The van der Waals surface area contributed by atoms with Crippen molar-refractivity contribution in [1.29, 1.82) is 0 Å². The van der Waals surface area contributed by atoms with Crippen LogP contribution in [0.25, 0.3) is 0 Å². The van der Waals surface area contributed by atoms with Crippen LogP contribution in [-0.4, -0.2) is 16.0 Å². The Labute approximate surface area is 114 Å². The van der Waals surface area contributed by atoms with Crippen LogP contribution in [0.1, 0.15) is 17.7 Å². The van der Waals surface area contributed by atoms with Crippen LogP contribution in [0.2, 0.25) is 5.15 Å². The number of halogens is 1. The van der Waals surface area contributed by atoms with Gasteiger partial charge in [-0.25, -0.2) is 4.98 Å². The maximum Gasteiger partial charge on any atom is 0.220 e. The maximum absolute atomic E-state index is 11.6. The van der Waals surface area contributed by atoms with Gasteiger partial charge in [0.05, 0.1) is 0 Å². The van der Waals surface area contributed by atoms with E-state index in [0.717, 1.165) is 5.56 Å². The monoisotopic (exact) mass is 280 g/mol. The zero-order valence-corrected chi connectivity index (χ0v) is 10.9. The first-order chi connectivity index (χ1) is 9.15. The standard InChI is InChI=1S/C12H13ClN4O2/c13-10-6-9(19-17-10)3-4-11(18)16-7-8-2-1-5-15-12(8)14/h1-2,5-6H,3-4,7H2,(H2,14,15)(H,16,18). The maximum atomic E-state index is 11.6. The summed E-state index contributed by atoms with van der Waals surface area (Å²) in [6.45, 7) is 0.357. The largest absolute Gasteiger partial charge is 0.383 e. The molecule has 7 heteroatoms. The van der Waals surface area contributed by atoms with Gasteiger partial charge in [-0.15, -0.1) is 0 Å². The molecule has 0 fully saturated rings. The van der Waals surface area contributed by atoms with Crippen LogP contribution in [0.4, 0.5) is 5.82 Å². The summed E-state index contributed by atoms with van der Waals surface area (Å²) in [5, 5.41) is 6.59. The van der Waals surface area contributed by atoms with E-state index in [1.165, 1.54) is 0 Å². The van der Waals surface area contributed by atoms with Gasteiger partial charge in [0.25, 0.3) is 0 Å². The summed E-state index contributed by atoms with van der Waals surface area (Å²) >= 11 is 5.61. The molecule has 0 radical (unpaired) electrons. The van der Waals surface area contributed by atoms with Crippen molar-refractivity contribution < 1.29 is 9.32 Å². The number of hydrogen-bond donors (Lipinski definition) is 2. The molecule has 2 aromatic rings. The van der Waals surface area contributed by atoms with Gasteiger partial charge >= 0.3 is 0 Å². The number of carbonyl (C=O) groups is 1. The number of carbonyl (C=O) groups excluding carboxylic acids is 1. The Morgan fingerprint density at radius 3 is 3.05 bits per heavy atom. The zero-order chi connectivity index (χ0) is 13.7. The Hall–Kier alpha value is -2.08. The van der Waals surface area contributed by atoms with Gasteiger partial charge in [0.1, 0.15) is 11.6 Å². The number of nitrogens with one attached hydrogen (secondary N) is 1. The fourth-order valence-corrected chi connectivity index (χ4v) is 1.68. The number of amides is 1.